The molecule has 4 heterocycles. The number of nitrogens with zero attached hydrogens (tertiary/aromatic N) is 6. The molecule has 2 N–H and O–H groups in total. The van der Waals surface area contributed by atoms with Gasteiger partial charge in [-0.05, 0) is 73.5 Å². The van der Waals surface area contributed by atoms with Crippen molar-refractivity contribution in [3.63, 3.8) is 0 Å². The quantitative estimate of drug-likeness (QED) is 0.263. The third-order valence-corrected chi connectivity index (χ3v) is 7.38. The number of aromatic nitrogens is 5. The lowest BCUT2D eigenvalue weighted by Crippen LogP contribution is -2.43. The molecule has 1 aliphatic rings. The zero-order chi connectivity index (χ0) is 26.6. The number of hydrogen-bond acceptors (Lipinski definition) is 7. The lowest BCUT2D eigenvalue weighted by atomic mass is 10.0. The van der Waals surface area contributed by atoms with Gasteiger partial charge in [0.1, 0.15) is 17.7 Å². The zero-order valence-electron chi connectivity index (χ0n) is 22.1. The lowest BCUT2D eigenvalue weighted by Gasteiger charge is -2.32. The summed E-state index contributed by atoms with van der Waals surface area (Å²) in [6, 6.07) is 15.4. The Bertz CT molecular complexity index is 1560. The number of ether oxygens (including phenoxy) is 1. The van der Waals surface area contributed by atoms with Crippen molar-refractivity contribution in [2.45, 2.75) is 32.0 Å². The topological polar surface area (TPSA) is 84.5 Å². The van der Waals surface area contributed by atoms with E-state index in [1.54, 1.807) is 25.6 Å². The van der Waals surface area contributed by atoms with Gasteiger partial charge in [0.2, 0.25) is 0 Å². The molecule has 0 spiro atoms. The van der Waals surface area contributed by atoms with E-state index in [4.69, 9.17) is 4.74 Å². The first kappa shape index (κ1) is 25.4. The van der Waals surface area contributed by atoms with E-state index in [0.29, 0.717) is 12.6 Å². The molecule has 0 bridgehead atoms. The average molecular weight is 529 g/mol. The Morgan fingerprint density at radius 3 is 2.79 bits per heavy atom. The summed E-state index contributed by atoms with van der Waals surface area (Å²) < 4.78 is 22.6. The summed E-state index contributed by atoms with van der Waals surface area (Å²) in [5.74, 6) is 0.531. The molecular weight excluding hydrogens is 495 g/mol. The molecule has 0 amide bonds. The van der Waals surface area contributed by atoms with E-state index in [0.717, 1.165) is 79.1 Å². The summed E-state index contributed by atoms with van der Waals surface area (Å²) in [7, 11) is 1.74. The molecule has 6 rings (SSSR count). The number of likely N-dealkylation sites (tertiary alicyclic amines) is 1. The van der Waals surface area contributed by atoms with Gasteiger partial charge < -0.3 is 15.4 Å². The van der Waals surface area contributed by atoms with Crippen LogP contribution in [0.5, 0.6) is 0 Å². The summed E-state index contributed by atoms with van der Waals surface area (Å²) in [5.41, 5.74) is 4.97. The first-order chi connectivity index (χ1) is 19.2. The van der Waals surface area contributed by atoms with E-state index < -0.39 is 0 Å². The number of piperidine rings is 1. The summed E-state index contributed by atoms with van der Waals surface area (Å²) in [6.07, 6.45) is 7.67. The van der Waals surface area contributed by atoms with E-state index >= 15 is 0 Å². The van der Waals surface area contributed by atoms with E-state index in [9.17, 15) is 4.39 Å². The fraction of sp³-hybridized carbons (Fsp3) is 0.345. The van der Waals surface area contributed by atoms with Crippen LogP contribution in [-0.2, 0) is 17.8 Å². The van der Waals surface area contributed by atoms with Crippen LogP contribution in [0.3, 0.4) is 0 Å². The standard InChI is InChI=1S/C29H33FN8O/c1-39-14-10-31-25-8-11-36(12-9-25)19-22-7-13-37-28(22)29(32-20-34-37)35-26-5-6-27-23(16-26)17-33-38(27)18-21-3-2-4-24(30)15-21/h2-7,13,15-17,20,25,31H,8-12,14,18-19H2,1H3,(H,32,34,35). The molecule has 0 atom stereocenters. The van der Waals surface area contributed by atoms with Crippen molar-refractivity contribution in [1.82, 2.24) is 34.6 Å². The van der Waals surface area contributed by atoms with Crippen molar-refractivity contribution in [3.8, 4) is 0 Å². The van der Waals surface area contributed by atoms with Gasteiger partial charge >= 0.3 is 0 Å². The maximum atomic E-state index is 13.6. The summed E-state index contributed by atoms with van der Waals surface area (Å²) in [6.45, 7) is 5.11. The molecule has 9 nitrogen and oxygen atoms in total. The first-order valence-corrected chi connectivity index (χ1v) is 13.4. The molecule has 1 aliphatic heterocycles. The van der Waals surface area contributed by atoms with Gasteiger partial charge in [-0.1, -0.05) is 12.1 Å². The number of rotatable bonds is 10. The van der Waals surface area contributed by atoms with Crippen LogP contribution in [0.1, 0.15) is 24.0 Å². The number of methoxy groups -OCH3 is 1. The highest BCUT2D eigenvalue weighted by Gasteiger charge is 2.21. The van der Waals surface area contributed by atoms with Crippen LogP contribution in [0.4, 0.5) is 15.9 Å². The van der Waals surface area contributed by atoms with Crippen molar-refractivity contribution in [3.05, 3.63) is 84.2 Å². The van der Waals surface area contributed by atoms with Gasteiger partial charge in [-0.25, -0.2) is 13.9 Å². The van der Waals surface area contributed by atoms with E-state index in [-0.39, 0.29) is 5.82 Å². The Kier molecular flexibility index (Phi) is 7.49. The van der Waals surface area contributed by atoms with Crippen LogP contribution in [0.15, 0.2) is 67.3 Å². The van der Waals surface area contributed by atoms with Crippen LogP contribution < -0.4 is 10.6 Å². The summed E-state index contributed by atoms with van der Waals surface area (Å²) >= 11 is 0. The molecular formula is C29H33FN8O. The molecule has 3 aromatic heterocycles. The van der Waals surface area contributed by atoms with Crippen LogP contribution in [0.25, 0.3) is 16.4 Å². The summed E-state index contributed by atoms with van der Waals surface area (Å²) in [4.78, 5) is 7.09. The molecule has 2 aromatic carbocycles. The SMILES string of the molecule is COCCNC1CCN(Cc2ccn3ncnc(Nc4ccc5c(cnn5Cc5cccc(F)c5)c4)c23)CC1. The van der Waals surface area contributed by atoms with Crippen molar-refractivity contribution in [1.29, 1.82) is 0 Å². The van der Waals surface area contributed by atoms with Crippen LogP contribution in [0, 0.1) is 5.82 Å². The molecule has 39 heavy (non-hydrogen) atoms. The number of anilines is 2. The van der Waals surface area contributed by atoms with Gasteiger partial charge in [-0.2, -0.15) is 10.2 Å². The van der Waals surface area contributed by atoms with Crippen molar-refractivity contribution < 1.29 is 9.13 Å². The van der Waals surface area contributed by atoms with Crippen LogP contribution >= 0.6 is 0 Å². The second kappa shape index (κ2) is 11.5. The minimum atomic E-state index is -0.240. The normalized spacial score (nSPS) is 14.9. The molecule has 0 aliphatic carbocycles. The van der Waals surface area contributed by atoms with Gasteiger partial charge in [0, 0.05) is 43.5 Å². The first-order valence-electron chi connectivity index (χ1n) is 13.4. The number of hydrogen-bond donors (Lipinski definition) is 2. The molecule has 5 aromatic rings. The number of fused-ring (bicyclic) bond motifs is 2. The molecule has 0 saturated carbocycles. The van der Waals surface area contributed by atoms with Crippen molar-refractivity contribution in [2.24, 2.45) is 0 Å². The van der Waals surface area contributed by atoms with E-state index in [1.165, 1.54) is 11.6 Å². The number of benzene rings is 2. The maximum absolute atomic E-state index is 13.6. The second-order valence-corrected chi connectivity index (χ2v) is 10.1. The van der Waals surface area contributed by atoms with E-state index in [2.05, 4.69) is 42.8 Å². The van der Waals surface area contributed by atoms with Gasteiger partial charge in [0.05, 0.1) is 24.9 Å². The van der Waals surface area contributed by atoms with Crippen molar-refractivity contribution in [2.75, 3.05) is 38.7 Å². The largest absolute Gasteiger partial charge is 0.383 e. The Labute approximate surface area is 226 Å². The fourth-order valence-corrected chi connectivity index (χ4v) is 5.37. The van der Waals surface area contributed by atoms with Crippen molar-refractivity contribution >= 4 is 27.9 Å². The zero-order valence-corrected chi connectivity index (χ0v) is 22.1. The van der Waals surface area contributed by atoms with Gasteiger partial charge in [0.15, 0.2) is 5.82 Å². The highest BCUT2D eigenvalue weighted by atomic mass is 19.1. The Morgan fingerprint density at radius 1 is 1.05 bits per heavy atom. The molecule has 0 radical (unpaired) electrons. The predicted molar refractivity (Wildman–Crippen MR) is 150 cm³/mol. The Morgan fingerprint density at radius 2 is 1.95 bits per heavy atom. The number of halogens is 1. The second-order valence-electron chi connectivity index (χ2n) is 10.1. The molecule has 0 unspecified atom stereocenters. The third kappa shape index (κ3) is 5.78. The Hall–Kier alpha value is -3.86. The van der Waals surface area contributed by atoms with Crippen LogP contribution in [-0.4, -0.2) is 68.7 Å². The minimum Gasteiger partial charge on any atom is -0.383 e. The highest BCUT2D eigenvalue weighted by Crippen LogP contribution is 2.27. The molecule has 1 fully saturated rings. The minimum absolute atomic E-state index is 0.240. The van der Waals surface area contributed by atoms with E-state index in [1.807, 2.05) is 39.8 Å². The van der Waals surface area contributed by atoms with Crippen LogP contribution in [0.2, 0.25) is 0 Å². The van der Waals surface area contributed by atoms with Gasteiger partial charge in [-0.15, -0.1) is 0 Å². The maximum Gasteiger partial charge on any atom is 0.158 e. The summed E-state index contributed by atoms with van der Waals surface area (Å²) in [5, 5.41) is 17.1. The highest BCUT2D eigenvalue weighted by molar-refractivity contribution is 5.85. The molecule has 1 saturated heterocycles. The van der Waals surface area contributed by atoms with Gasteiger partial charge in [-0.3, -0.25) is 9.58 Å². The molecule has 202 valence electrons. The lowest BCUT2D eigenvalue weighted by molar-refractivity contribution is 0.169. The fourth-order valence-electron chi connectivity index (χ4n) is 5.37. The Balaban J connectivity index is 1.16. The monoisotopic (exact) mass is 528 g/mol. The van der Waals surface area contributed by atoms with Gasteiger partial charge in [0.25, 0.3) is 0 Å². The third-order valence-electron chi connectivity index (χ3n) is 7.38. The average Bonchev–Trinajstić information content (AvgIpc) is 3.54. The number of nitrogens with one attached hydrogen (secondary N) is 2. The molecule has 10 heteroatoms. The predicted octanol–water partition coefficient (Wildman–Crippen LogP) is 4.21. The smallest absolute Gasteiger partial charge is 0.158 e.